The third kappa shape index (κ3) is 8.77. The molecule has 1 fully saturated rings. The third-order valence-corrected chi connectivity index (χ3v) is 4.26. The number of hydrogen-bond acceptors (Lipinski definition) is 3. The molecule has 0 spiro atoms. The van der Waals surface area contributed by atoms with Gasteiger partial charge in [0, 0.05) is 26.2 Å². The molecule has 6 nitrogen and oxygen atoms in total. The summed E-state index contributed by atoms with van der Waals surface area (Å²) in [5, 5.41) is 6.62. The Morgan fingerprint density at radius 2 is 2.07 bits per heavy atom. The fraction of sp³-hybridized carbons (Fsp3) is 0.579. The number of ether oxygens (including phenoxy) is 1. The van der Waals surface area contributed by atoms with Crippen molar-refractivity contribution in [2.45, 2.75) is 44.8 Å². The van der Waals surface area contributed by atoms with Crippen LogP contribution in [0.25, 0.3) is 0 Å². The van der Waals surface area contributed by atoms with Crippen LogP contribution in [-0.2, 0) is 4.79 Å². The summed E-state index contributed by atoms with van der Waals surface area (Å²) in [5.41, 5.74) is 0. The first-order chi connectivity index (χ1) is 12.4. The van der Waals surface area contributed by atoms with Crippen LogP contribution in [0, 0.1) is 5.82 Å². The van der Waals surface area contributed by atoms with Crippen molar-refractivity contribution in [2.75, 3.05) is 27.2 Å². The van der Waals surface area contributed by atoms with Gasteiger partial charge in [-0.05, 0) is 31.9 Å². The summed E-state index contributed by atoms with van der Waals surface area (Å²) < 4.78 is 19.0. The average molecular weight is 492 g/mol. The number of nitrogens with zero attached hydrogens (tertiary/aromatic N) is 2. The van der Waals surface area contributed by atoms with Crippen LogP contribution in [0.15, 0.2) is 29.3 Å². The minimum Gasteiger partial charge on any atom is -0.489 e. The molecule has 152 valence electrons. The molecule has 1 aliphatic rings. The Morgan fingerprint density at radius 1 is 1.37 bits per heavy atom. The van der Waals surface area contributed by atoms with Crippen LogP contribution in [-0.4, -0.2) is 56.1 Å². The summed E-state index contributed by atoms with van der Waals surface area (Å²) in [5.74, 6) is 0.725. The van der Waals surface area contributed by atoms with E-state index >= 15 is 0 Å². The molecule has 1 aromatic rings. The topological polar surface area (TPSA) is 66.0 Å². The van der Waals surface area contributed by atoms with E-state index in [4.69, 9.17) is 4.74 Å². The first-order valence-electron chi connectivity index (χ1n) is 9.11. The van der Waals surface area contributed by atoms with Gasteiger partial charge < -0.3 is 20.3 Å². The number of nitrogens with one attached hydrogen (secondary N) is 2. The smallest absolute Gasteiger partial charge is 0.243 e. The first kappa shape index (κ1) is 23.5. The van der Waals surface area contributed by atoms with Gasteiger partial charge in [-0.3, -0.25) is 4.79 Å². The summed E-state index contributed by atoms with van der Waals surface area (Å²) in [6.45, 7) is 2.48. The molecule has 0 saturated heterocycles. The molecule has 2 rings (SSSR count). The fourth-order valence-corrected chi connectivity index (χ4v) is 2.76. The van der Waals surface area contributed by atoms with Crippen LogP contribution in [0.1, 0.15) is 32.6 Å². The molecule has 1 atom stereocenters. The number of carbonyl (C=O) groups is 1. The van der Waals surface area contributed by atoms with Gasteiger partial charge in [0.2, 0.25) is 5.91 Å². The van der Waals surface area contributed by atoms with Crippen molar-refractivity contribution >= 4 is 35.8 Å². The Kier molecular flexibility index (Phi) is 10.4. The highest BCUT2D eigenvalue weighted by atomic mass is 127. The molecule has 1 unspecified atom stereocenters. The molecule has 1 amide bonds. The highest BCUT2D eigenvalue weighted by Crippen LogP contribution is 2.17. The van der Waals surface area contributed by atoms with Crippen molar-refractivity contribution in [3.05, 3.63) is 30.1 Å². The van der Waals surface area contributed by atoms with Gasteiger partial charge in [-0.2, -0.15) is 0 Å². The number of likely N-dealkylation sites (N-methyl/N-ethyl adjacent to an activating group) is 1. The molecule has 8 heteroatoms. The van der Waals surface area contributed by atoms with Crippen molar-refractivity contribution in [2.24, 2.45) is 4.99 Å². The van der Waals surface area contributed by atoms with E-state index in [0.29, 0.717) is 24.3 Å². The molecule has 0 aromatic heterocycles. The van der Waals surface area contributed by atoms with Crippen LogP contribution in [0.5, 0.6) is 5.75 Å². The van der Waals surface area contributed by atoms with E-state index in [0.717, 1.165) is 12.8 Å². The SMILES string of the molecule is CC(CNC(=NCC(=O)N(C)C)NC1CCCC1)Oc1cccc(F)c1.I. The predicted molar refractivity (Wildman–Crippen MR) is 116 cm³/mol. The molecule has 0 aliphatic heterocycles. The Balaban J connectivity index is 0.00000364. The zero-order valence-corrected chi connectivity index (χ0v) is 18.5. The second kappa shape index (κ2) is 12.0. The number of carbonyl (C=O) groups excluding carboxylic acids is 1. The van der Waals surface area contributed by atoms with Gasteiger partial charge in [-0.15, -0.1) is 24.0 Å². The molecule has 1 aromatic carbocycles. The number of benzene rings is 1. The summed E-state index contributed by atoms with van der Waals surface area (Å²) in [6, 6.07) is 6.47. The third-order valence-electron chi connectivity index (χ3n) is 4.26. The lowest BCUT2D eigenvalue weighted by Crippen LogP contribution is -2.46. The highest BCUT2D eigenvalue weighted by Gasteiger charge is 2.17. The van der Waals surface area contributed by atoms with Gasteiger partial charge in [0.1, 0.15) is 24.2 Å². The van der Waals surface area contributed by atoms with Gasteiger partial charge in [0.05, 0.1) is 6.54 Å². The van der Waals surface area contributed by atoms with Crippen molar-refractivity contribution in [1.82, 2.24) is 15.5 Å². The molecule has 1 saturated carbocycles. The van der Waals surface area contributed by atoms with E-state index in [2.05, 4.69) is 15.6 Å². The lowest BCUT2D eigenvalue weighted by Gasteiger charge is -2.20. The van der Waals surface area contributed by atoms with Gasteiger partial charge >= 0.3 is 0 Å². The lowest BCUT2D eigenvalue weighted by molar-refractivity contribution is -0.127. The molecule has 0 heterocycles. The lowest BCUT2D eigenvalue weighted by atomic mass is 10.2. The number of aliphatic imine (C=N–C) groups is 1. The van der Waals surface area contributed by atoms with Crippen molar-refractivity contribution in [3.8, 4) is 5.75 Å². The number of guanidine groups is 1. The summed E-state index contributed by atoms with van der Waals surface area (Å²) in [7, 11) is 3.43. The molecular formula is C19H30FIN4O2. The van der Waals surface area contributed by atoms with Crippen molar-refractivity contribution < 1.29 is 13.9 Å². The predicted octanol–water partition coefficient (Wildman–Crippen LogP) is 2.78. The van der Waals surface area contributed by atoms with Crippen molar-refractivity contribution in [3.63, 3.8) is 0 Å². The maximum Gasteiger partial charge on any atom is 0.243 e. The van der Waals surface area contributed by atoms with Crippen LogP contribution < -0.4 is 15.4 Å². The van der Waals surface area contributed by atoms with Crippen LogP contribution in [0.3, 0.4) is 0 Å². The monoisotopic (exact) mass is 492 g/mol. The molecule has 1 aliphatic carbocycles. The molecular weight excluding hydrogens is 462 g/mol. The van der Waals surface area contributed by atoms with Gasteiger partial charge in [0.15, 0.2) is 5.96 Å². The van der Waals surface area contributed by atoms with Gasteiger partial charge in [-0.1, -0.05) is 18.9 Å². The van der Waals surface area contributed by atoms with E-state index in [1.54, 1.807) is 26.2 Å². The normalized spacial score (nSPS) is 15.6. The maximum atomic E-state index is 13.2. The van der Waals surface area contributed by atoms with Crippen LogP contribution in [0.4, 0.5) is 4.39 Å². The standard InChI is InChI=1S/C19H29FN4O2.HI/c1-14(26-17-10-6-7-15(20)11-17)12-21-19(22-13-18(25)24(2)3)23-16-8-4-5-9-16;/h6-7,10-11,14,16H,4-5,8-9,12-13H2,1-3H3,(H2,21,22,23);1H. The van der Waals surface area contributed by atoms with E-state index in [-0.39, 0.29) is 48.3 Å². The van der Waals surface area contributed by atoms with E-state index in [1.165, 1.54) is 29.9 Å². The summed E-state index contributed by atoms with van der Waals surface area (Å²) in [4.78, 5) is 17.7. The Bertz CT molecular complexity index is 621. The molecule has 27 heavy (non-hydrogen) atoms. The zero-order chi connectivity index (χ0) is 18.9. The molecule has 0 bridgehead atoms. The maximum absolute atomic E-state index is 13.2. The Hall–Kier alpha value is -1.58. The number of hydrogen-bond donors (Lipinski definition) is 2. The Labute approximate surface area is 178 Å². The number of amides is 1. The largest absolute Gasteiger partial charge is 0.489 e. The van der Waals surface area contributed by atoms with Crippen LogP contribution in [0.2, 0.25) is 0 Å². The number of halogens is 2. The Morgan fingerprint density at radius 3 is 2.70 bits per heavy atom. The van der Waals surface area contributed by atoms with Gasteiger partial charge in [-0.25, -0.2) is 9.38 Å². The average Bonchev–Trinajstić information content (AvgIpc) is 3.10. The molecule has 2 N–H and O–H groups in total. The quantitative estimate of drug-likeness (QED) is 0.349. The minimum atomic E-state index is -0.324. The number of rotatable bonds is 7. The molecule has 0 radical (unpaired) electrons. The van der Waals surface area contributed by atoms with Gasteiger partial charge in [0.25, 0.3) is 0 Å². The fourth-order valence-electron chi connectivity index (χ4n) is 2.76. The van der Waals surface area contributed by atoms with E-state index in [1.807, 2.05) is 6.92 Å². The zero-order valence-electron chi connectivity index (χ0n) is 16.2. The van der Waals surface area contributed by atoms with Crippen molar-refractivity contribution in [1.29, 1.82) is 0 Å². The highest BCUT2D eigenvalue weighted by molar-refractivity contribution is 14.0. The second-order valence-electron chi connectivity index (χ2n) is 6.85. The summed E-state index contributed by atoms with van der Waals surface area (Å²) in [6.07, 6.45) is 4.45. The first-order valence-corrected chi connectivity index (χ1v) is 9.11. The minimum absolute atomic E-state index is 0. The van der Waals surface area contributed by atoms with Crippen LogP contribution >= 0.6 is 24.0 Å². The van der Waals surface area contributed by atoms with E-state index in [9.17, 15) is 9.18 Å². The summed E-state index contributed by atoms with van der Waals surface area (Å²) >= 11 is 0. The second-order valence-corrected chi connectivity index (χ2v) is 6.85. The van der Waals surface area contributed by atoms with E-state index < -0.39 is 0 Å².